The number of nitrogens with zero attached hydrogens (tertiary/aromatic N) is 1. The Morgan fingerprint density at radius 2 is 1.83 bits per heavy atom. The van der Waals surface area contributed by atoms with Gasteiger partial charge in [-0.1, -0.05) is 43.0 Å². The molecule has 1 heterocycles. The van der Waals surface area contributed by atoms with Gasteiger partial charge in [0.1, 0.15) is 0 Å². The van der Waals surface area contributed by atoms with Crippen LogP contribution >= 0.6 is 11.8 Å². The first-order chi connectivity index (χ1) is 17.4. The minimum absolute atomic E-state index is 0.0327. The van der Waals surface area contributed by atoms with E-state index >= 15 is 0 Å². The lowest BCUT2D eigenvalue weighted by atomic mass is 9.82. The van der Waals surface area contributed by atoms with E-state index in [-0.39, 0.29) is 17.6 Å². The number of methoxy groups -OCH3 is 2. The van der Waals surface area contributed by atoms with Crippen molar-refractivity contribution in [2.75, 3.05) is 31.9 Å². The Hall–Kier alpha value is -3.90. The van der Waals surface area contributed by atoms with E-state index in [0.29, 0.717) is 51.2 Å². The number of benzene rings is 2. The summed E-state index contributed by atoms with van der Waals surface area (Å²) in [6, 6.07) is 16.7. The predicted octanol–water partition coefficient (Wildman–Crippen LogP) is 4.72. The summed E-state index contributed by atoms with van der Waals surface area (Å²) in [5, 5.41) is 16.8. The van der Waals surface area contributed by atoms with Crippen molar-refractivity contribution < 1.29 is 23.8 Å². The second-order valence-corrected chi connectivity index (χ2v) is 8.88. The largest absolute Gasteiger partial charge is 0.493 e. The monoisotopic (exact) mass is 507 g/mol. The third-order valence-electron chi connectivity index (χ3n) is 5.47. The Balaban J connectivity index is 2.05. The van der Waals surface area contributed by atoms with Gasteiger partial charge in [0.2, 0.25) is 0 Å². The van der Waals surface area contributed by atoms with Crippen LogP contribution in [0.3, 0.4) is 0 Å². The molecule has 0 aromatic heterocycles. The first kappa shape index (κ1) is 26.7. The van der Waals surface area contributed by atoms with Gasteiger partial charge >= 0.3 is 5.97 Å². The van der Waals surface area contributed by atoms with Crippen LogP contribution in [0.5, 0.6) is 11.5 Å². The third-order valence-corrected chi connectivity index (χ3v) is 6.46. The summed E-state index contributed by atoms with van der Waals surface area (Å²) in [5.74, 6) is -0.375. The number of hydrogen-bond donors (Lipinski definition) is 2. The molecule has 9 heteroatoms. The highest BCUT2D eigenvalue weighted by Gasteiger charge is 2.35. The number of nitriles is 1. The molecular weight excluding hydrogens is 478 g/mol. The molecular formula is C27H29N3O5S. The van der Waals surface area contributed by atoms with Crippen molar-refractivity contribution in [3.8, 4) is 17.6 Å². The van der Waals surface area contributed by atoms with Crippen LogP contribution in [0.2, 0.25) is 0 Å². The molecule has 0 spiro atoms. The maximum absolute atomic E-state index is 13.5. The van der Waals surface area contributed by atoms with Crippen LogP contribution in [0.1, 0.15) is 31.7 Å². The Labute approximate surface area is 215 Å². The molecule has 0 saturated heterocycles. The first-order valence-electron chi connectivity index (χ1n) is 11.4. The molecule has 188 valence electrons. The molecule has 36 heavy (non-hydrogen) atoms. The molecule has 0 unspecified atom stereocenters. The number of esters is 1. The van der Waals surface area contributed by atoms with Crippen molar-refractivity contribution in [2.45, 2.75) is 26.2 Å². The Bertz CT molecular complexity index is 1220. The van der Waals surface area contributed by atoms with Crippen LogP contribution in [-0.2, 0) is 14.3 Å². The van der Waals surface area contributed by atoms with E-state index in [1.54, 1.807) is 37.3 Å². The topological polar surface area (TPSA) is 110 Å². The lowest BCUT2D eigenvalue weighted by molar-refractivity contribution is -0.140. The van der Waals surface area contributed by atoms with Crippen molar-refractivity contribution in [3.05, 3.63) is 76.0 Å². The number of carbonyl (C=O) groups is 2. The van der Waals surface area contributed by atoms with E-state index in [9.17, 15) is 14.9 Å². The number of dihydropyridines is 1. The van der Waals surface area contributed by atoms with Gasteiger partial charge < -0.3 is 24.8 Å². The maximum atomic E-state index is 13.5. The molecule has 0 saturated carbocycles. The third kappa shape index (κ3) is 6.20. The van der Waals surface area contributed by atoms with E-state index in [0.717, 1.165) is 6.42 Å². The minimum Gasteiger partial charge on any atom is -0.493 e. The van der Waals surface area contributed by atoms with Gasteiger partial charge in [-0.05, 0) is 43.2 Å². The number of ether oxygens (including phenoxy) is 3. The van der Waals surface area contributed by atoms with Crippen molar-refractivity contribution in [3.63, 3.8) is 0 Å². The van der Waals surface area contributed by atoms with Gasteiger partial charge in [0.15, 0.2) is 11.5 Å². The Morgan fingerprint density at radius 1 is 1.11 bits per heavy atom. The molecule has 1 aliphatic heterocycles. The van der Waals surface area contributed by atoms with Crippen molar-refractivity contribution in [2.24, 2.45) is 0 Å². The number of rotatable bonds is 10. The molecule has 0 aliphatic carbocycles. The fraction of sp³-hybridized carbons (Fsp3) is 0.296. The van der Waals surface area contributed by atoms with E-state index in [1.807, 2.05) is 25.1 Å². The van der Waals surface area contributed by atoms with E-state index in [1.165, 1.54) is 26.0 Å². The zero-order chi connectivity index (χ0) is 26.1. The molecule has 2 N–H and O–H groups in total. The van der Waals surface area contributed by atoms with Crippen LogP contribution in [0.15, 0.2) is 70.4 Å². The minimum atomic E-state index is -0.700. The maximum Gasteiger partial charge on any atom is 0.316 e. The zero-order valence-electron chi connectivity index (χ0n) is 20.7. The average Bonchev–Trinajstić information content (AvgIpc) is 2.90. The fourth-order valence-electron chi connectivity index (χ4n) is 3.80. The molecule has 0 fully saturated rings. The molecule has 3 rings (SSSR count). The first-order valence-corrected chi connectivity index (χ1v) is 12.4. The van der Waals surface area contributed by atoms with E-state index < -0.39 is 5.92 Å². The Kier molecular flexibility index (Phi) is 9.42. The van der Waals surface area contributed by atoms with Crippen molar-refractivity contribution in [1.82, 2.24) is 5.32 Å². The number of para-hydroxylation sites is 1. The Morgan fingerprint density at radius 3 is 2.47 bits per heavy atom. The highest BCUT2D eigenvalue weighted by molar-refractivity contribution is 8.03. The summed E-state index contributed by atoms with van der Waals surface area (Å²) in [6.07, 6.45) is 0.726. The van der Waals surface area contributed by atoms with Gasteiger partial charge in [-0.25, -0.2) is 0 Å². The summed E-state index contributed by atoms with van der Waals surface area (Å²) < 4.78 is 16.0. The molecule has 2 aromatic carbocycles. The lowest BCUT2D eigenvalue weighted by Gasteiger charge is -2.30. The molecule has 0 bridgehead atoms. The summed E-state index contributed by atoms with van der Waals surface area (Å²) in [7, 11) is 3.07. The second kappa shape index (κ2) is 12.7. The molecule has 8 nitrogen and oxygen atoms in total. The number of nitrogens with one attached hydrogen (secondary N) is 2. The summed E-state index contributed by atoms with van der Waals surface area (Å²) >= 11 is 1.18. The van der Waals surface area contributed by atoms with Gasteiger partial charge in [-0.15, -0.1) is 0 Å². The smallest absolute Gasteiger partial charge is 0.316 e. The highest BCUT2D eigenvalue weighted by atomic mass is 32.2. The second-order valence-electron chi connectivity index (χ2n) is 7.90. The molecule has 1 atom stereocenters. The number of thioether (sulfide) groups is 1. The predicted molar refractivity (Wildman–Crippen MR) is 140 cm³/mol. The van der Waals surface area contributed by atoms with Gasteiger partial charge in [0.05, 0.1) is 49.2 Å². The number of anilines is 1. The number of hydrogen-bond acceptors (Lipinski definition) is 8. The van der Waals surface area contributed by atoms with Crippen molar-refractivity contribution >= 4 is 29.3 Å². The highest BCUT2D eigenvalue weighted by Crippen LogP contribution is 2.43. The summed E-state index contributed by atoms with van der Waals surface area (Å²) in [5.41, 5.74) is 2.59. The molecule has 1 aliphatic rings. The molecule has 2 aromatic rings. The van der Waals surface area contributed by atoms with E-state index in [4.69, 9.17) is 14.2 Å². The zero-order valence-corrected chi connectivity index (χ0v) is 21.5. The standard InChI is InChI=1S/C27H29N3O5S/c1-5-13-35-23(31)16-36-27-20(15-28)25(18-11-12-21(33-3)22(14-18)34-4)24(17(2)29-27)26(32)30-19-9-7-6-8-10-19/h6-12,14,25,29H,5,13,16H2,1-4H3,(H,30,32)/t25-/m1/s1. The quantitative estimate of drug-likeness (QED) is 0.445. The van der Waals surface area contributed by atoms with Crippen molar-refractivity contribution in [1.29, 1.82) is 5.26 Å². The summed E-state index contributed by atoms with van der Waals surface area (Å²) in [6.45, 7) is 4.04. The van der Waals surface area contributed by atoms with Crippen LogP contribution in [0.4, 0.5) is 5.69 Å². The van der Waals surface area contributed by atoms with Crippen LogP contribution in [-0.4, -0.2) is 38.5 Å². The van der Waals surface area contributed by atoms with Gasteiger partial charge in [0.25, 0.3) is 5.91 Å². The van der Waals surface area contributed by atoms with Crippen LogP contribution in [0, 0.1) is 11.3 Å². The van der Waals surface area contributed by atoms with Gasteiger partial charge in [0, 0.05) is 17.0 Å². The lowest BCUT2D eigenvalue weighted by Crippen LogP contribution is -2.31. The average molecular weight is 508 g/mol. The molecule has 0 radical (unpaired) electrons. The van der Waals surface area contributed by atoms with Gasteiger partial charge in [-0.2, -0.15) is 5.26 Å². The number of carbonyl (C=O) groups excluding carboxylic acids is 2. The van der Waals surface area contributed by atoms with Crippen LogP contribution < -0.4 is 20.1 Å². The fourth-order valence-corrected chi connectivity index (χ4v) is 4.69. The number of amides is 1. The molecule has 1 amide bonds. The number of allylic oxidation sites excluding steroid dienone is 2. The summed E-state index contributed by atoms with van der Waals surface area (Å²) in [4.78, 5) is 25.6. The van der Waals surface area contributed by atoms with Crippen LogP contribution in [0.25, 0.3) is 0 Å². The SMILES string of the molecule is CCCOC(=O)CSC1=C(C#N)[C@@H](c2ccc(OC)c(OC)c2)C(C(=O)Nc2ccccc2)=C(C)N1. The van der Waals surface area contributed by atoms with E-state index in [2.05, 4.69) is 16.7 Å². The normalized spacial score (nSPS) is 15.0. The van der Waals surface area contributed by atoms with Gasteiger partial charge in [-0.3, -0.25) is 9.59 Å².